The van der Waals surface area contributed by atoms with Gasteiger partial charge in [-0.3, -0.25) is 14.5 Å². The molecule has 6 heteroatoms. The van der Waals surface area contributed by atoms with Crippen molar-refractivity contribution in [2.75, 3.05) is 19.7 Å². The van der Waals surface area contributed by atoms with Gasteiger partial charge in [-0.1, -0.05) is 0 Å². The number of ether oxygens (including phenoxy) is 1. The highest BCUT2D eigenvalue weighted by molar-refractivity contribution is 5.92. The first-order chi connectivity index (χ1) is 11.5. The zero-order valence-corrected chi connectivity index (χ0v) is 14.5. The van der Waals surface area contributed by atoms with Crippen LogP contribution in [-0.2, 0) is 7.05 Å². The van der Waals surface area contributed by atoms with Crippen LogP contribution in [0.5, 0.6) is 5.75 Å². The number of aromatic nitrogens is 3. The summed E-state index contributed by atoms with van der Waals surface area (Å²) in [4.78, 5) is 18.7. The number of rotatable bonds is 4. The molecule has 2 aromatic heterocycles. The summed E-state index contributed by atoms with van der Waals surface area (Å²) in [6, 6.07) is 5.65. The van der Waals surface area contributed by atoms with Crippen LogP contribution >= 0.6 is 0 Å². The number of pyridine rings is 1. The molecule has 0 saturated carbocycles. The van der Waals surface area contributed by atoms with E-state index in [9.17, 15) is 4.79 Å². The smallest absolute Gasteiger partial charge is 0.274 e. The lowest BCUT2D eigenvalue weighted by atomic mass is 9.98. The molecule has 1 amide bonds. The Morgan fingerprint density at radius 1 is 1.38 bits per heavy atom. The molecule has 3 rings (SSSR count). The number of carbonyl (C=O) groups is 1. The molecule has 0 spiro atoms. The van der Waals surface area contributed by atoms with Gasteiger partial charge in [-0.2, -0.15) is 5.10 Å². The Balaban J connectivity index is 1.58. The summed E-state index contributed by atoms with van der Waals surface area (Å²) in [5, 5.41) is 4.30. The molecule has 1 aliphatic rings. The molecule has 1 atom stereocenters. The highest BCUT2D eigenvalue weighted by atomic mass is 16.5. The average molecular weight is 328 g/mol. The van der Waals surface area contributed by atoms with Crippen molar-refractivity contribution < 1.29 is 9.53 Å². The van der Waals surface area contributed by atoms with E-state index in [0.717, 1.165) is 43.1 Å². The third kappa shape index (κ3) is 3.75. The van der Waals surface area contributed by atoms with Gasteiger partial charge in [-0.05, 0) is 38.8 Å². The molecule has 6 nitrogen and oxygen atoms in total. The Hall–Kier alpha value is -2.37. The average Bonchev–Trinajstić information content (AvgIpc) is 2.92. The minimum atomic E-state index is 0.0168. The molecular formula is C18H24N4O2. The topological polar surface area (TPSA) is 60.2 Å². The van der Waals surface area contributed by atoms with Crippen molar-refractivity contribution in [3.8, 4) is 5.75 Å². The molecule has 0 bridgehead atoms. The molecule has 0 radical (unpaired) electrons. The molecule has 1 aliphatic heterocycles. The SMILES string of the molecule is Cc1cc(OCC2CCCN(C(=O)c3cc(C)n(C)n3)C2)ccn1. The molecule has 128 valence electrons. The number of nitrogens with zero attached hydrogens (tertiary/aromatic N) is 4. The molecule has 0 aliphatic carbocycles. The standard InChI is InChI=1S/C18H24N4O2/c1-13-9-16(6-7-19-13)24-12-15-5-4-8-22(11-15)18(23)17-10-14(2)21(3)20-17/h6-7,9-10,15H,4-5,8,11-12H2,1-3H3. The van der Waals surface area contributed by atoms with E-state index < -0.39 is 0 Å². The van der Waals surface area contributed by atoms with Crippen molar-refractivity contribution in [2.24, 2.45) is 13.0 Å². The number of hydrogen-bond donors (Lipinski definition) is 0. The van der Waals surface area contributed by atoms with E-state index in [2.05, 4.69) is 10.1 Å². The van der Waals surface area contributed by atoms with Crippen LogP contribution in [0.2, 0.25) is 0 Å². The zero-order valence-electron chi connectivity index (χ0n) is 14.5. The molecule has 3 heterocycles. The van der Waals surface area contributed by atoms with E-state index in [-0.39, 0.29) is 5.91 Å². The molecule has 2 aromatic rings. The molecule has 1 saturated heterocycles. The predicted octanol–water partition coefficient (Wildman–Crippen LogP) is 2.36. The molecular weight excluding hydrogens is 304 g/mol. The highest BCUT2D eigenvalue weighted by Gasteiger charge is 2.26. The first kappa shape index (κ1) is 16.5. The van der Waals surface area contributed by atoms with Crippen LogP contribution in [0.15, 0.2) is 24.4 Å². The quantitative estimate of drug-likeness (QED) is 0.864. The highest BCUT2D eigenvalue weighted by Crippen LogP contribution is 2.20. The summed E-state index contributed by atoms with van der Waals surface area (Å²) in [7, 11) is 1.86. The number of likely N-dealkylation sites (tertiary alicyclic amines) is 1. The van der Waals surface area contributed by atoms with E-state index in [1.54, 1.807) is 10.9 Å². The normalized spacial score (nSPS) is 17.8. The molecule has 0 aromatic carbocycles. The van der Waals surface area contributed by atoms with Crippen molar-refractivity contribution in [2.45, 2.75) is 26.7 Å². The van der Waals surface area contributed by atoms with Crippen LogP contribution in [0.4, 0.5) is 0 Å². The lowest BCUT2D eigenvalue weighted by molar-refractivity contribution is 0.0626. The minimum absolute atomic E-state index is 0.0168. The van der Waals surface area contributed by atoms with Crippen LogP contribution in [-0.4, -0.2) is 45.3 Å². The van der Waals surface area contributed by atoms with Crippen molar-refractivity contribution >= 4 is 5.91 Å². The molecule has 1 fully saturated rings. The van der Waals surface area contributed by atoms with Crippen molar-refractivity contribution in [1.29, 1.82) is 0 Å². The van der Waals surface area contributed by atoms with Crippen LogP contribution in [0.1, 0.15) is 34.7 Å². The fraction of sp³-hybridized carbons (Fsp3) is 0.500. The summed E-state index contributed by atoms with van der Waals surface area (Å²) < 4.78 is 7.63. The van der Waals surface area contributed by atoms with Crippen LogP contribution in [0, 0.1) is 19.8 Å². The summed E-state index contributed by atoms with van der Waals surface area (Å²) in [5.41, 5.74) is 2.46. The summed E-state index contributed by atoms with van der Waals surface area (Å²) in [6.45, 7) is 6.03. The first-order valence-corrected chi connectivity index (χ1v) is 8.38. The third-order valence-corrected chi connectivity index (χ3v) is 4.49. The Morgan fingerprint density at radius 3 is 2.92 bits per heavy atom. The lowest BCUT2D eigenvalue weighted by Gasteiger charge is -2.32. The molecule has 1 unspecified atom stereocenters. The van der Waals surface area contributed by atoms with Gasteiger partial charge in [0.2, 0.25) is 0 Å². The molecule has 24 heavy (non-hydrogen) atoms. The van der Waals surface area contributed by atoms with Crippen LogP contribution in [0.3, 0.4) is 0 Å². The maximum absolute atomic E-state index is 12.6. The van der Waals surface area contributed by atoms with Gasteiger partial charge in [0.05, 0.1) is 6.61 Å². The Bertz CT molecular complexity index is 706. The number of carbonyl (C=O) groups excluding carboxylic acids is 1. The Morgan fingerprint density at radius 2 is 2.21 bits per heavy atom. The molecule has 0 N–H and O–H groups in total. The maximum Gasteiger partial charge on any atom is 0.274 e. The second-order valence-corrected chi connectivity index (χ2v) is 6.50. The van der Waals surface area contributed by atoms with E-state index in [1.807, 2.05) is 44.0 Å². The van der Waals surface area contributed by atoms with Crippen molar-refractivity contribution in [3.05, 3.63) is 41.5 Å². The van der Waals surface area contributed by atoms with Crippen molar-refractivity contribution in [3.63, 3.8) is 0 Å². The monoisotopic (exact) mass is 328 g/mol. The van der Waals surface area contributed by atoms with Crippen LogP contribution < -0.4 is 4.74 Å². The Labute approximate surface area is 142 Å². The maximum atomic E-state index is 12.6. The van der Waals surface area contributed by atoms with E-state index in [0.29, 0.717) is 18.2 Å². The second-order valence-electron chi connectivity index (χ2n) is 6.50. The van der Waals surface area contributed by atoms with Gasteiger partial charge in [0.15, 0.2) is 5.69 Å². The zero-order chi connectivity index (χ0) is 17.1. The van der Waals surface area contributed by atoms with E-state index >= 15 is 0 Å². The minimum Gasteiger partial charge on any atom is -0.493 e. The number of aryl methyl sites for hydroxylation is 3. The van der Waals surface area contributed by atoms with Gasteiger partial charge in [0.25, 0.3) is 5.91 Å². The van der Waals surface area contributed by atoms with Crippen LogP contribution in [0.25, 0.3) is 0 Å². The predicted molar refractivity (Wildman–Crippen MR) is 91.0 cm³/mol. The van der Waals surface area contributed by atoms with Gasteiger partial charge in [-0.15, -0.1) is 0 Å². The largest absolute Gasteiger partial charge is 0.493 e. The fourth-order valence-corrected chi connectivity index (χ4v) is 3.04. The second kappa shape index (κ2) is 7.03. The van der Waals surface area contributed by atoms with E-state index in [1.165, 1.54) is 0 Å². The summed E-state index contributed by atoms with van der Waals surface area (Å²) in [5.74, 6) is 1.20. The summed E-state index contributed by atoms with van der Waals surface area (Å²) in [6.07, 6.45) is 3.83. The van der Waals surface area contributed by atoms with Gasteiger partial charge in [0.1, 0.15) is 5.75 Å². The third-order valence-electron chi connectivity index (χ3n) is 4.49. The number of piperidine rings is 1. The van der Waals surface area contributed by atoms with Crippen molar-refractivity contribution in [1.82, 2.24) is 19.7 Å². The van der Waals surface area contributed by atoms with Gasteiger partial charge < -0.3 is 9.64 Å². The van der Waals surface area contributed by atoms with E-state index in [4.69, 9.17) is 4.74 Å². The lowest BCUT2D eigenvalue weighted by Crippen LogP contribution is -2.41. The fourth-order valence-electron chi connectivity index (χ4n) is 3.04. The van der Waals surface area contributed by atoms with Gasteiger partial charge in [0, 0.05) is 49.7 Å². The first-order valence-electron chi connectivity index (χ1n) is 8.38. The number of amides is 1. The van der Waals surface area contributed by atoms with Gasteiger partial charge >= 0.3 is 0 Å². The summed E-state index contributed by atoms with van der Waals surface area (Å²) >= 11 is 0. The number of hydrogen-bond acceptors (Lipinski definition) is 4. The van der Waals surface area contributed by atoms with Gasteiger partial charge in [-0.25, -0.2) is 0 Å². The Kier molecular flexibility index (Phi) is 4.83.